The number of hydrogen-bond donors (Lipinski definition) is 1. The average Bonchev–Trinajstić information content (AvgIpc) is 2.59. The number of hydrogen-bond acceptors (Lipinski definition) is 2. The van der Waals surface area contributed by atoms with Crippen LogP contribution < -0.4 is 5.32 Å². The van der Waals surface area contributed by atoms with Gasteiger partial charge >= 0.3 is 0 Å². The minimum absolute atomic E-state index is 0.247. The van der Waals surface area contributed by atoms with Crippen LogP contribution in [0.1, 0.15) is 32.6 Å². The Hall–Kier alpha value is -0.570. The molecule has 1 rings (SSSR count). The lowest BCUT2D eigenvalue weighted by Gasteiger charge is -2.27. The summed E-state index contributed by atoms with van der Waals surface area (Å²) in [6, 6.07) is 0.519. The fourth-order valence-electron chi connectivity index (χ4n) is 2.11. The molecule has 0 unspecified atom stereocenters. The molecule has 1 aliphatic carbocycles. The summed E-state index contributed by atoms with van der Waals surface area (Å²) in [5.41, 5.74) is 0. The van der Waals surface area contributed by atoms with E-state index in [0.29, 0.717) is 12.6 Å². The summed E-state index contributed by atoms with van der Waals surface area (Å²) >= 11 is 0. The Kier molecular flexibility index (Phi) is 4.22. The van der Waals surface area contributed by atoms with E-state index >= 15 is 0 Å². The van der Waals surface area contributed by atoms with Crippen molar-refractivity contribution in [2.24, 2.45) is 0 Å². The van der Waals surface area contributed by atoms with E-state index in [2.05, 4.69) is 12.2 Å². The van der Waals surface area contributed by atoms with Crippen LogP contribution in [-0.4, -0.2) is 37.0 Å². The number of carbonyl (C=O) groups excluding carboxylic acids is 1. The maximum atomic E-state index is 11.6. The Labute approximate surface area is 80.5 Å². The summed E-state index contributed by atoms with van der Waals surface area (Å²) in [5, 5.41) is 2.91. The van der Waals surface area contributed by atoms with Gasteiger partial charge in [-0.05, 0) is 26.8 Å². The summed E-state index contributed by atoms with van der Waals surface area (Å²) in [5.74, 6) is 0.247. The van der Waals surface area contributed by atoms with Gasteiger partial charge in [0.1, 0.15) is 0 Å². The van der Waals surface area contributed by atoms with Crippen LogP contribution in [0.3, 0.4) is 0 Å². The lowest BCUT2D eigenvalue weighted by molar-refractivity contribution is -0.132. The topological polar surface area (TPSA) is 32.3 Å². The number of nitrogens with one attached hydrogen (secondary N) is 1. The van der Waals surface area contributed by atoms with Crippen molar-refractivity contribution in [2.45, 2.75) is 38.6 Å². The third kappa shape index (κ3) is 2.69. The lowest BCUT2D eigenvalue weighted by Crippen LogP contribution is -2.42. The van der Waals surface area contributed by atoms with Crippen molar-refractivity contribution < 1.29 is 4.79 Å². The van der Waals surface area contributed by atoms with Gasteiger partial charge in [0.15, 0.2) is 0 Å². The van der Waals surface area contributed by atoms with Crippen LogP contribution in [0.5, 0.6) is 0 Å². The van der Waals surface area contributed by atoms with E-state index < -0.39 is 0 Å². The van der Waals surface area contributed by atoms with Gasteiger partial charge in [-0.3, -0.25) is 4.79 Å². The van der Waals surface area contributed by atoms with Crippen LogP contribution in [-0.2, 0) is 4.79 Å². The summed E-state index contributed by atoms with van der Waals surface area (Å²) in [6.07, 6.45) is 4.97. The Bertz CT molecular complexity index is 164. The lowest BCUT2D eigenvalue weighted by atomic mass is 10.2. The first kappa shape index (κ1) is 10.5. The number of carbonyl (C=O) groups is 1. The number of amides is 1. The first-order valence-electron chi connectivity index (χ1n) is 5.23. The molecule has 0 bridgehead atoms. The minimum Gasteiger partial charge on any atom is -0.339 e. The Morgan fingerprint density at radius 3 is 2.54 bits per heavy atom. The van der Waals surface area contributed by atoms with Gasteiger partial charge in [-0.2, -0.15) is 0 Å². The molecule has 0 saturated heterocycles. The van der Waals surface area contributed by atoms with E-state index in [1.165, 1.54) is 25.7 Å². The Morgan fingerprint density at radius 1 is 1.46 bits per heavy atom. The van der Waals surface area contributed by atoms with E-state index in [0.717, 1.165) is 6.54 Å². The smallest absolute Gasteiger partial charge is 0.236 e. The van der Waals surface area contributed by atoms with Crippen molar-refractivity contribution in [2.75, 3.05) is 20.1 Å². The number of likely N-dealkylation sites (N-methyl/N-ethyl adjacent to an activating group) is 2. The largest absolute Gasteiger partial charge is 0.339 e. The molecule has 0 heterocycles. The molecule has 0 aromatic carbocycles. The highest BCUT2D eigenvalue weighted by Crippen LogP contribution is 2.23. The molecule has 0 radical (unpaired) electrons. The molecule has 0 aliphatic heterocycles. The third-order valence-corrected chi connectivity index (χ3v) is 2.75. The molecule has 3 nitrogen and oxygen atoms in total. The zero-order valence-corrected chi connectivity index (χ0v) is 8.68. The fraction of sp³-hybridized carbons (Fsp3) is 0.900. The van der Waals surface area contributed by atoms with Gasteiger partial charge in [-0.15, -0.1) is 0 Å². The van der Waals surface area contributed by atoms with E-state index in [1.54, 1.807) is 0 Å². The van der Waals surface area contributed by atoms with Crippen LogP contribution >= 0.6 is 0 Å². The molecular formula is C10H20N2O. The van der Waals surface area contributed by atoms with Crippen LogP contribution in [0.25, 0.3) is 0 Å². The molecule has 1 amide bonds. The van der Waals surface area contributed by atoms with Gasteiger partial charge in [0.25, 0.3) is 0 Å². The van der Waals surface area contributed by atoms with E-state index in [1.807, 2.05) is 11.9 Å². The molecule has 3 heteroatoms. The minimum atomic E-state index is 0.247. The van der Waals surface area contributed by atoms with Gasteiger partial charge in [0, 0.05) is 12.6 Å². The zero-order chi connectivity index (χ0) is 9.68. The molecule has 13 heavy (non-hydrogen) atoms. The molecule has 1 aliphatic rings. The summed E-state index contributed by atoms with van der Waals surface area (Å²) < 4.78 is 0. The fourth-order valence-corrected chi connectivity index (χ4v) is 2.11. The van der Waals surface area contributed by atoms with Crippen molar-refractivity contribution in [1.82, 2.24) is 10.2 Å². The highest BCUT2D eigenvalue weighted by Gasteiger charge is 2.24. The van der Waals surface area contributed by atoms with Crippen LogP contribution in [0.2, 0.25) is 0 Å². The molecule has 76 valence electrons. The van der Waals surface area contributed by atoms with Gasteiger partial charge in [-0.25, -0.2) is 0 Å². The van der Waals surface area contributed by atoms with E-state index in [-0.39, 0.29) is 5.91 Å². The standard InChI is InChI=1S/C10H20N2O/c1-3-12(10(13)8-11-2)9-6-4-5-7-9/h9,11H,3-8H2,1-2H3. The van der Waals surface area contributed by atoms with Crippen LogP contribution in [0.15, 0.2) is 0 Å². The van der Waals surface area contributed by atoms with Crippen LogP contribution in [0.4, 0.5) is 0 Å². The molecule has 1 saturated carbocycles. The normalized spacial score (nSPS) is 17.7. The van der Waals surface area contributed by atoms with Crippen molar-refractivity contribution in [3.05, 3.63) is 0 Å². The second-order valence-corrected chi connectivity index (χ2v) is 3.65. The monoisotopic (exact) mass is 184 g/mol. The first-order valence-corrected chi connectivity index (χ1v) is 5.23. The molecule has 1 fully saturated rings. The molecule has 0 spiro atoms. The van der Waals surface area contributed by atoms with E-state index in [9.17, 15) is 4.79 Å². The molecular weight excluding hydrogens is 164 g/mol. The first-order chi connectivity index (χ1) is 6.29. The average molecular weight is 184 g/mol. The third-order valence-electron chi connectivity index (χ3n) is 2.75. The van der Waals surface area contributed by atoms with Crippen molar-refractivity contribution in [3.63, 3.8) is 0 Å². The summed E-state index contributed by atoms with van der Waals surface area (Å²) in [4.78, 5) is 13.6. The van der Waals surface area contributed by atoms with Crippen LogP contribution in [0, 0.1) is 0 Å². The van der Waals surface area contributed by atoms with Gasteiger partial charge in [0.05, 0.1) is 6.54 Å². The maximum absolute atomic E-state index is 11.6. The van der Waals surface area contributed by atoms with Gasteiger partial charge < -0.3 is 10.2 Å². The van der Waals surface area contributed by atoms with Crippen molar-refractivity contribution in [3.8, 4) is 0 Å². The second kappa shape index (κ2) is 5.22. The molecule has 1 N–H and O–H groups in total. The maximum Gasteiger partial charge on any atom is 0.236 e. The van der Waals surface area contributed by atoms with Gasteiger partial charge in [0.2, 0.25) is 5.91 Å². The SMILES string of the molecule is CCN(C(=O)CNC)C1CCCC1. The zero-order valence-electron chi connectivity index (χ0n) is 8.68. The number of nitrogens with zero attached hydrogens (tertiary/aromatic N) is 1. The van der Waals surface area contributed by atoms with Crippen molar-refractivity contribution in [1.29, 1.82) is 0 Å². The predicted molar refractivity (Wildman–Crippen MR) is 53.6 cm³/mol. The molecule has 0 aromatic rings. The highest BCUT2D eigenvalue weighted by molar-refractivity contribution is 5.78. The molecule has 0 atom stereocenters. The Morgan fingerprint density at radius 2 is 2.08 bits per heavy atom. The van der Waals surface area contributed by atoms with Crippen molar-refractivity contribution >= 4 is 5.91 Å². The molecule has 0 aromatic heterocycles. The predicted octanol–water partition coefficient (Wildman–Crippen LogP) is 0.997. The Balaban J connectivity index is 2.44. The summed E-state index contributed by atoms with van der Waals surface area (Å²) in [6.45, 7) is 3.39. The quantitative estimate of drug-likeness (QED) is 0.707. The van der Waals surface area contributed by atoms with E-state index in [4.69, 9.17) is 0 Å². The second-order valence-electron chi connectivity index (χ2n) is 3.65. The summed E-state index contributed by atoms with van der Waals surface area (Å²) in [7, 11) is 1.82. The number of rotatable bonds is 4. The highest BCUT2D eigenvalue weighted by atomic mass is 16.2. The van der Waals surface area contributed by atoms with Gasteiger partial charge in [-0.1, -0.05) is 12.8 Å².